The van der Waals surface area contributed by atoms with Crippen molar-refractivity contribution in [2.24, 2.45) is 5.92 Å². The van der Waals surface area contributed by atoms with Crippen LogP contribution in [0.5, 0.6) is 5.75 Å². The number of hydrogen-bond donors (Lipinski definition) is 2. The third-order valence-electron chi connectivity index (χ3n) is 12.7. The van der Waals surface area contributed by atoms with E-state index in [-0.39, 0.29) is 24.5 Å². The third kappa shape index (κ3) is 6.55. The molecule has 10 heteroatoms. The second kappa shape index (κ2) is 14.7. The van der Waals surface area contributed by atoms with E-state index in [2.05, 4.69) is 75.5 Å². The molecule has 4 fully saturated rings. The number of hydrogen-bond acceptors (Lipinski definition) is 8. The second-order valence-corrected chi connectivity index (χ2v) is 15.9. The molecule has 3 atom stereocenters. The minimum atomic E-state index is -0.959. The van der Waals surface area contributed by atoms with Gasteiger partial charge in [0.15, 0.2) is 0 Å². The summed E-state index contributed by atoms with van der Waals surface area (Å²) in [5.74, 6) is -0.992. The lowest BCUT2D eigenvalue weighted by Crippen LogP contribution is -2.54. The van der Waals surface area contributed by atoms with Crippen molar-refractivity contribution in [2.45, 2.75) is 63.6 Å². The van der Waals surface area contributed by atoms with Gasteiger partial charge >= 0.3 is 0 Å². The first kappa shape index (κ1) is 35.9. The summed E-state index contributed by atoms with van der Waals surface area (Å²) in [7, 11) is 0. The lowest BCUT2D eigenvalue weighted by molar-refractivity contribution is -0.136. The molecule has 2 N–H and O–H groups in total. The van der Waals surface area contributed by atoms with Gasteiger partial charge in [-0.1, -0.05) is 61.5 Å². The quantitative estimate of drug-likeness (QED) is 0.151. The molecular weight excluding hydrogens is 703 g/mol. The summed E-state index contributed by atoms with van der Waals surface area (Å²) in [5, 5.41) is 12.3. The number of rotatable bonds is 9. The van der Waals surface area contributed by atoms with Crippen LogP contribution in [-0.2, 0) is 9.59 Å². The van der Waals surface area contributed by atoms with E-state index in [0.29, 0.717) is 29.1 Å². The van der Waals surface area contributed by atoms with Gasteiger partial charge in [0.25, 0.3) is 11.8 Å². The van der Waals surface area contributed by atoms with Crippen LogP contribution in [0.4, 0.5) is 11.4 Å². The highest BCUT2D eigenvalue weighted by atomic mass is 16.3. The number of piperazine rings is 1. The molecule has 3 unspecified atom stereocenters. The molecule has 56 heavy (non-hydrogen) atoms. The van der Waals surface area contributed by atoms with Gasteiger partial charge in [-0.15, -0.1) is 0 Å². The number of benzene rings is 4. The van der Waals surface area contributed by atoms with E-state index in [0.717, 1.165) is 74.6 Å². The van der Waals surface area contributed by atoms with Crippen LogP contribution in [0, 0.1) is 5.92 Å². The largest absolute Gasteiger partial charge is 0.508 e. The number of anilines is 2. The van der Waals surface area contributed by atoms with Crippen molar-refractivity contribution >= 4 is 46.1 Å². The molecule has 0 spiro atoms. The monoisotopic (exact) mass is 749 g/mol. The molecule has 9 rings (SSSR count). The van der Waals surface area contributed by atoms with Gasteiger partial charge in [-0.25, -0.2) is 0 Å². The summed E-state index contributed by atoms with van der Waals surface area (Å²) in [5.41, 5.74) is 8.79. The zero-order valence-corrected chi connectivity index (χ0v) is 31.7. The molecule has 10 nitrogen and oxygen atoms in total. The molecule has 4 aromatic carbocycles. The van der Waals surface area contributed by atoms with Crippen LogP contribution >= 0.6 is 0 Å². The van der Waals surface area contributed by atoms with E-state index >= 15 is 0 Å². The normalized spacial score (nSPS) is 23.2. The maximum Gasteiger partial charge on any atom is 0.262 e. The third-order valence-corrected chi connectivity index (χ3v) is 12.7. The summed E-state index contributed by atoms with van der Waals surface area (Å²) >= 11 is 0. The number of aromatic hydroxyl groups is 1. The molecule has 0 aliphatic carbocycles. The minimum Gasteiger partial charge on any atom is -0.508 e. The number of piperidine rings is 2. The van der Waals surface area contributed by atoms with E-state index in [9.17, 15) is 24.3 Å². The zero-order valence-electron chi connectivity index (χ0n) is 31.7. The number of carbonyl (C=O) groups is 4. The average molecular weight is 750 g/mol. The average Bonchev–Trinajstić information content (AvgIpc) is 3.89. The van der Waals surface area contributed by atoms with Crippen LogP contribution in [-0.4, -0.2) is 89.4 Å². The van der Waals surface area contributed by atoms with E-state index in [1.54, 1.807) is 18.2 Å². The van der Waals surface area contributed by atoms with Crippen molar-refractivity contribution in [3.63, 3.8) is 0 Å². The van der Waals surface area contributed by atoms with Crippen LogP contribution in [0.15, 0.2) is 97.1 Å². The van der Waals surface area contributed by atoms with Crippen molar-refractivity contribution in [3.05, 3.63) is 125 Å². The fraction of sp³-hybridized carbons (Fsp3) is 0.348. The molecule has 0 saturated carbocycles. The van der Waals surface area contributed by atoms with Gasteiger partial charge in [0.1, 0.15) is 11.8 Å². The number of likely N-dealkylation sites (tertiary alicyclic amines) is 1. The van der Waals surface area contributed by atoms with Crippen molar-refractivity contribution in [1.29, 1.82) is 0 Å². The Morgan fingerprint density at radius 2 is 1.41 bits per heavy atom. The molecule has 4 aromatic rings. The number of carbonyl (C=O) groups excluding carboxylic acids is 4. The Bertz CT molecular complexity index is 2210. The number of phenols is 1. The second-order valence-electron chi connectivity index (χ2n) is 15.9. The van der Waals surface area contributed by atoms with Gasteiger partial charge in [0.05, 0.1) is 11.1 Å². The van der Waals surface area contributed by atoms with Crippen LogP contribution in [0.25, 0.3) is 11.1 Å². The van der Waals surface area contributed by atoms with Crippen LogP contribution in [0.3, 0.4) is 0 Å². The van der Waals surface area contributed by atoms with Crippen molar-refractivity contribution in [1.82, 2.24) is 15.1 Å². The molecule has 4 amide bonds. The molecule has 0 aromatic heterocycles. The van der Waals surface area contributed by atoms with Crippen LogP contribution in [0.1, 0.15) is 82.9 Å². The number of amides is 4. The molecular formula is C46H47N5O5. The maximum absolute atomic E-state index is 13.4. The highest BCUT2D eigenvalue weighted by molar-refractivity contribution is 6.23. The van der Waals surface area contributed by atoms with Gasteiger partial charge in [0.2, 0.25) is 11.8 Å². The van der Waals surface area contributed by atoms with Crippen molar-refractivity contribution in [3.8, 4) is 5.75 Å². The first-order valence-corrected chi connectivity index (χ1v) is 20.1. The number of imide groups is 2. The Morgan fingerprint density at radius 1 is 0.732 bits per heavy atom. The Hall–Kier alpha value is -5.74. The zero-order chi connectivity index (χ0) is 38.5. The fourth-order valence-electron chi connectivity index (χ4n) is 9.78. The van der Waals surface area contributed by atoms with Crippen molar-refractivity contribution < 1.29 is 24.3 Å². The number of phenolic OH excluding ortho intramolecular Hbond substituents is 1. The summed E-state index contributed by atoms with van der Waals surface area (Å²) < 4.78 is 0. The summed E-state index contributed by atoms with van der Waals surface area (Å²) in [4.78, 5) is 59.4. The Labute approximate surface area is 327 Å². The summed E-state index contributed by atoms with van der Waals surface area (Å²) in [6, 6.07) is 32.4. The first-order valence-electron chi connectivity index (χ1n) is 20.1. The van der Waals surface area contributed by atoms with E-state index in [1.165, 1.54) is 28.0 Å². The number of nitrogens with one attached hydrogen (secondary N) is 1. The van der Waals surface area contributed by atoms with Gasteiger partial charge in [-0.05, 0) is 108 Å². The highest BCUT2D eigenvalue weighted by Crippen LogP contribution is 2.39. The standard InChI is InChI=1S/C46H47N5O5/c1-2-38(30-6-4-3-5-7-30)43(32-10-15-37(52)16-11-32)31-8-12-33(13-9-31)48-22-20-29(21-23-48)26-49-27-36-24-35(49)28-50(36)34-14-17-39-40(25-34)46(56)51(45(39)55)41-18-19-42(53)47-44(41)54/h3-17,25,29,35-36,41,52H,2,18-24,26-28H2,1H3,(H,47,53,54). The Morgan fingerprint density at radius 3 is 2.07 bits per heavy atom. The predicted molar refractivity (Wildman–Crippen MR) is 216 cm³/mol. The Balaban J connectivity index is 0.817. The SMILES string of the molecule is CCC(=C(c1ccc(O)cc1)c1ccc(N2CCC(CN3CC4CC3CN4c3ccc4c(c3)C(=O)N(C3CCC(=O)NC3=O)C4=O)CC2)cc1)c1ccccc1. The fourth-order valence-corrected chi connectivity index (χ4v) is 9.78. The van der Waals surface area contributed by atoms with Gasteiger partial charge in [0, 0.05) is 62.6 Å². The van der Waals surface area contributed by atoms with Gasteiger partial charge in [-0.3, -0.25) is 34.3 Å². The molecule has 286 valence electrons. The predicted octanol–water partition coefficient (Wildman–Crippen LogP) is 6.34. The molecule has 4 saturated heterocycles. The highest BCUT2D eigenvalue weighted by Gasteiger charge is 2.47. The smallest absolute Gasteiger partial charge is 0.262 e. The lowest BCUT2D eigenvalue weighted by atomic mass is 9.88. The molecule has 0 radical (unpaired) electrons. The van der Waals surface area contributed by atoms with Crippen LogP contribution in [0.2, 0.25) is 0 Å². The molecule has 5 aliphatic heterocycles. The number of allylic oxidation sites excluding steroid dienone is 1. The van der Waals surface area contributed by atoms with Crippen molar-refractivity contribution in [2.75, 3.05) is 42.5 Å². The summed E-state index contributed by atoms with van der Waals surface area (Å²) in [6.45, 7) is 7.23. The van der Waals surface area contributed by atoms with E-state index in [4.69, 9.17) is 0 Å². The van der Waals surface area contributed by atoms with Crippen LogP contribution < -0.4 is 15.1 Å². The van der Waals surface area contributed by atoms with Gasteiger partial charge in [-0.2, -0.15) is 0 Å². The van der Waals surface area contributed by atoms with Gasteiger partial charge < -0.3 is 14.9 Å². The molecule has 5 heterocycles. The number of nitrogens with zero attached hydrogens (tertiary/aromatic N) is 4. The Kier molecular flexibility index (Phi) is 9.45. The lowest BCUT2D eigenvalue weighted by Gasteiger charge is -2.40. The molecule has 2 bridgehead atoms. The minimum absolute atomic E-state index is 0.105. The topological polar surface area (TPSA) is 114 Å². The van der Waals surface area contributed by atoms with E-state index in [1.807, 2.05) is 30.3 Å². The molecule has 5 aliphatic rings. The van der Waals surface area contributed by atoms with E-state index < -0.39 is 23.8 Å². The maximum atomic E-state index is 13.4. The first-order chi connectivity index (χ1) is 27.2. The number of fused-ring (bicyclic) bond motifs is 3. The summed E-state index contributed by atoms with van der Waals surface area (Å²) in [6.07, 6.45) is 4.53.